The van der Waals surface area contributed by atoms with E-state index in [0.717, 1.165) is 34.7 Å². The summed E-state index contributed by atoms with van der Waals surface area (Å²) in [6.45, 7) is 0. The fourth-order valence-electron chi connectivity index (χ4n) is 3.62. The van der Waals surface area contributed by atoms with Crippen LogP contribution in [-0.4, -0.2) is 19.9 Å². The Hall–Kier alpha value is -3.48. The molecule has 0 aliphatic carbocycles. The zero-order valence-electron chi connectivity index (χ0n) is 17.1. The second-order valence-electron chi connectivity index (χ2n) is 7.16. The minimum absolute atomic E-state index is 0.244. The molecule has 0 unspecified atom stereocenters. The Balaban J connectivity index is 1.74. The molecule has 1 aliphatic rings. The summed E-state index contributed by atoms with van der Waals surface area (Å²) >= 11 is 0. The number of anilines is 1. The molecule has 160 valence electrons. The lowest BCUT2D eigenvalue weighted by Gasteiger charge is -2.25. The van der Waals surface area contributed by atoms with Crippen LogP contribution in [0.4, 0.5) is 18.9 Å². The van der Waals surface area contributed by atoms with E-state index in [9.17, 15) is 13.2 Å². The molecule has 0 amide bonds. The van der Waals surface area contributed by atoms with E-state index in [1.165, 1.54) is 6.07 Å². The lowest BCUT2D eigenvalue weighted by atomic mass is 9.98. The Morgan fingerprint density at radius 2 is 1.48 bits per heavy atom. The highest BCUT2D eigenvalue weighted by molar-refractivity contribution is 6.03. The van der Waals surface area contributed by atoms with Gasteiger partial charge in [0.1, 0.15) is 11.5 Å². The van der Waals surface area contributed by atoms with Gasteiger partial charge < -0.3 is 9.47 Å². The van der Waals surface area contributed by atoms with E-state index in [0.29, 0.717) is 17.9 Å². The van der Waals surface area contributed by atoms with Crippen LogP contribution in [0.2, 0.25) is 0 Å². The molecule has 0 radical (unpaired) electrons. The molecule has 31 heavy (non-hydrogen) atoms. The molecule has 1 atom stereocenters. The van der Waals surface area contributed by atoms with Crippen molar-refractivity contribution in [2.75, 3.05) is 19.2 Å². The Kier molecular flexibility index (Phi) is 5.59. The topological polar surface area (TPSA) is 34.1 Å². The first-order valence-electron chi connectivity index (χ1n) is 9.71. The van der Waals surface area contributed by atoms with Crippen molar-refractivity contribution in [1.29, 1.82) is 0 Å². The number of alkyl halides is 3. The van der Waals surface area contributed by atoms with Gasteiger partial charge in [-0.05, 0) is 65.7 Å². The number of nitrogens with zero attached hydrogens (tertiary/aromatic N) is 2. The van der Waals surface area contributed by atoms with Gasteiger partial charge in [0.15, 0.2) is 0 Å². The Labute approximate surface area is 178 Å². The van der Waals surface area contributed by atoms with Gasteiger partial charge >= 0.3 is 6.18 Å². The Morgan fingerprint density at radius 1 is 0.871 bits per heavy atom. The van der Waals surface area contributed by atoms with Gasteiger partial charge in [0, 0.05) is 6.42 Å². The van der Waals surface area contributed by atoms with Gasteiger partial charge in [-0.15, -0.1) is 0 Å². The lowest BCUT2D eigenvalue weighted by molar-refractivity contribution is -0.137. The van der Waals surface area contributed by atoms with Crippen molar-refractivity contribution in [3.05, 3.63) is 89.5 Å². The fraction of sp³-hybridized carbons (Fsp3) is 0.208. The molecule has 7 heteroatoms. The molecule has 0 fully saturated rings. The third-order valence-electron chi connectivity index (χ3n) is 5.27. The highest BCUT2D eigenvalue weighted by Gasteiger charge is 2.34. The summed E-state index contributed by atoms with van der Waals surface area (Å²) < 4.78 is 50.3. The third-order valence-corrected chi connectivity index (χ3v) is 5.27. The predicted octanol–water partition coefficient (Wildman–Crippen LogP) is 6.08. The molecule has 0 bridgehead atoms. The van der Waals surface area contributed by atoms with Crippen LogP contribution in [0.1, 0.15) is 29.2 Å². The van der Waals surface area contributed by atoms with Crippen molar-refractivity contribution in [3.8, 4) is 11.5 Å². The number of hydrogen-bond acceptors (Lipinski definition) is 4. The first kappa shape index (κ1) is 20.8. The molecule has 0 aromatic heterocycles. The van der Waals surface area contributed by atoms with Crippen LogP contribution in [0.5, 0.6) is 11.5 Å². The predicted molar refractivity (Wildman–Crippen MR) is 114 cm³/mol. The van der Waals surface area contributed by atoms with E-state index in [4.69, 9.17) is 14.6 Å². The quantitative estimate of drug-likeness (QED) is 0.496. The van der Waals surface area contributed by atoms with E-state index in [1.807, 2.05) is 48.5 Å². The molecule has 1 aliphatic heterocycles. The molecule has 3 aromatic carbocycles. The molecule has 0 N–H and O–H groups in total. The maximum atomic E-state index is 13.3. The van der Waals surface area contributed by atoms with Gasteiger partial charge in [0.05, 0.1) is 37.2 Å². The summed E-state index contributed by atoms with van der Waals surface area (Å²) in [7, 11) is 3.18. The van der Waals surface area contributed by atoms with Crippen LogP contribution in [0.3, 0.4) is 0 Å². The second kappa shape index (κ2) is 8.34. The molecule has 4 rings (SSSR count). The van der Waals surface area contributed by atoms with E-state index >= 15 is 0 Å². The Morgan fingerprint density at radius 3 is 2.06 bits per heavy atom. The number of benzene rings is 3. The smallest absolute Gasteiger partial charge is 0.416 e. The van der Waals surface area contributed by atoms with Gasteiger partial charge in [-0.25, -0.2) is 0 Å². The minimum atomic E-state index is -4.42. The molecule has 0 spiro atoms. The average molecular weight is 426 g/mol. The minimum Gasteiger partial charge on any atom is -0.497 e. The first-order valence-corrected chi connectivity index (χ1v) is 9.71. The normalized spacial score (nSPS) is 16.2. The van der Waals surface area contributed by atoms with E-state index in [2.05, 4.69) is 0 Å². The van der Waals surface area contributed by atoms with Gasteiger partial charge in [-0.1, -0.05) is 18.2 Å². The van der Waals surface area contributed by atoms with Crippen molar-refractivity contribution in [2.45, 2.75) is 18.6 Å². The zero-order valence-corrected chi connectivity index (χ0v) is 17.1. The Bertz CT molecular complexity index is 1080. The maximum absolute atomic E-state index is 13.3. The summed E-state index contributed by atoms with van der Waals surface area (Å²) in [5, 5.41) is 6.38. The molecule has 0 saturated carbocycles. The van der Waals surface area contributed by atoms with E-state index in [-0.39, 0.29) is 6.04 Å². The second-order valence-corrected chi connectivity index (χ2v) is 7.16. The summed E-state index contributed by atoms with van der Waals surface area (Å²) in [4.78, 5) is 0. The number of hydrogen-bond donors (Lipinski definition) is 0. The van der Waals surface area contributed by atoms with Gasteiger partial charge in [-0.2, -0.15) is 18.3 Å². The lowest BCUT2D eigenvalue weighted by Crippen LogP contribution is -2.19. The monoisotopic (exact) mass is 426 g/mol. The number of halogens is 3. The molecular formula is C24H21F3N2O2. The molecule has 3 aromatic rings. The SMILES string of the molecule is COc1ccc(C2=NN(c3cccc(C(F)(F)F)c3)[C@@H](c3ccc(OC)cc3)C2)cc1. The van der Waals surface area contributed by atoms with Crippen molar-refractivity contribution < 1.29 is 22.6 Å². The van der Waals surface area contributed by atoms with Crippen LogP contribution in [0.25, 0.3) is 0 Å². The molecular weight excluding hydrogens is 405 g/mol. The fourth-order valence-corrected chi connectivity index (χ4v) is 3.62. The zero-order chi connectivity index (χ0) is 22.0. The highest BCUT2D eigenvalue weighted by Crippen LogP contribution is 2.39. The summed E-state index contributed by atoms with van der Waals surface area (Å²) in [6.07, 6.45) is -3.87. The van der Waals surface area contributed by atoms with Gasteiger partial charge in [0.2, 0.25) is 0 Å². The molecule has 4 nitrogen and oxygen atoms in total. The summed E-state index contributed by atoms with van der Waals surface area (Å²) in [5.74, 6) is 1.44. The number of rotatable bonds is 5. The van der Waals surface area contributed by atoms with Gasteiger partial charge in [-0.3, -0.25) is 5.01 Å². The van der Waals surface area contributed by atoms with Crippen molar-refractivity contribution >= 4 is 11.4 Å². The first-order chi connectivity index (χ1) is 14.9. The van der Waals surface area contributed by atoms with Crippen LogP contribution in [0, 0.1) is 0 Å². The van der Waals surface area contributed by atoms with Crippen LogP contribution >= 0.6 is 0 Å². The van der Waals surface area contributed by atoms with Crippen LogP contribution < -0.4 is 14.5 Å². The van der Waals surface area contributed by atoms with Crippen molar-refractivity contribution in [1.82, 2.24) is 0 Å². The molecule has 1 heterocycles. The average Bonchev–Trinajstić information content (AvgIpc) is 3.24. The number of hydrazone groups is 1. The standard InChI is InChI=1S/C24H21F3N2O2/c1-30-20-10-6-16(7-11-20)22-15-23(17-8-12-21(31-2)13-9-17)29(28-22)19-5-3-4-18(14-19)24(25,26)27/h3-14,23H,15H2,1-2H3/t23-/m1/s1. The van der Waals surface area contributed by atoms with Crippen LogP contribution in [-0.2, 0) is 6.18 Å². The van der Waals surface area contributed by atoms with E-state index < -0.39 is 11.7 Å². The van der Waals surface area contributed by atoms with Crippen LogP contribution in [0.15, 0.2) is 77.9 Å². The largest absolute Gasteiger partial charge is 0.497 e. The number of methoxy groups -OCH3 is 2. The number of ether oxygens (including phenoxy) is 2. The van der Waals surface area contributed by atoms with Crippen molar-refractivity contribution in [2.24, 2.45) is 5.10 Å². The maximum Gasteiger partial charge on any atom is 0.416 e. The highest BCUT2D eigenvalue weighted by atomic mass is 19.4. The van der Waals surface area contributed by atoms with Gasteiger partial charge in [0.25, 0.3) is 0 Å². The van der Waals surface area contributed by atoms with E-state index in [1.54, 1.807) is 25.3 Å². The molecule has 0 saturated heterocycles. The summed E-state index contributed by atoms with van der Waals surface area (Å²) in [6, 6.07) is 20.0. The third kappa shape index (κ3) is 4.35. The van der Waals surface area contributed by atoms with Crippen molar-refractivity contribution in [3.63, 3.8) is 0 Å². The summed E-state index contributed by atoms with van der Waals surface area (Å²) in [5.41, 5.74) is 2.31.